The van der Waals surface area contributed by atoms with Crippen LogP contribution in [0.2, 0.25) is 5.02 Å². The van der Waals surface area contributed by atoms with Crippen molar-refractivity contribution in [1.29, 1.82) is 0 Å². The van der Waals surface area contributed by atoms with Crippen LogP contribution in [-0.2, 0) is 18.0 Å². The number of thioether (sulfide) groups is 1. The van der Waals surface area contributed by atoms with Crippen LogP contribution in [0.15, 0.2) is 39.6 Å². The number of anilines is 1. The van der Waals surface area contributed by atoms with Gasteiger partial charge >= 0.3 is 6.18 Å². The fraction of sp³-hybridized carbons (Fsp3) is 0.188. The van der Waals surface area contributed by atoms with E-state index in [9.17, 15) is 22.8 Å². The molecular weight excluding hydrogens is 423 g/mol. The van der Waals surface area contributed by atoms with Gasteiger partial charge in [-0.1, -0.05) is 23.4 Å². The monoisotopic (exact) mass is 433 g/mol. The summed E-state index contributed by atoms with van der Waals surface area (Å²) >= 11 is 8.17. The second kappa shape index (κ2) is 7.53. The van der Waals surface area contributed by atoms with Crippen LogP contribution in [0.25, 0.3) is 10.2 Å². The molecule has 27 heavy (non-hydrogen) atoms. The average molecular weight is 434 g/mol. The maximum Gasteiger partial charge on any atom is 0.416 e. The number of alkyl halides is 3. The second-order valence-electron chi connectivity index (χ2n) is 5.43. The normalized spacial score (nSPS) is 11.7. The van der Waals surface area contributed by atoms with Crippen molar-refractivity contribution in [2.45, 2.75) is 11.3 Å². The van der Waals surface area contributed by atoms with Crippen LogP contribution in [0, 0.1) is 0 Å². The van der Waals surface area contributed by atoms with E-state index >= 15 is 0 Å². The molecule has 0 radical (unpaired) electrons. The van der Waals surface area contributed by atoms with Crippen molar-refractivity contribution in [3.63, 3.8) is 0 Å². The van der Waals surface area contributed by atoms with Crippen LogP contribution < -0.4 is 10.9 Å². The molecule has 2 heterocycles. The third kappa shape index (κ3) is 4.28. The fourth-order valence-electron chi connectivity index (χ4n) is 2.22. The maximum absolute atomic E-state index is 12.8. The van der Waals surface area contributed by atoms with Crippen molar-refractivity contribution >= 4 is 56.5 Å². The van der Waals surface area contributed by atoms with E-state index in [4.69, 9.17) is 11.6 Å². The third-order valence-electron chi connectivity index (χ3n) is 3.56. The first kappa shape index (κ1) is 19.7. The van der Waals surface area contributed by atoms with Gasteiger partial charge in [0.2, 0.25) is 5.91 Å². The number of nitrogens with one attached hydrogen (secondary N) is 1. The molecule has 3 aromatic rings. The number of carbonyl (C=O) groups is 1. The Hall–Kier alpha value is -2.04. The van der Waals surface area contributed by atoms with Crippen LogP contribution >= 0.6 is 34.7 Å². The molecule has 0 aliphatic rings. The summed E-state index contributed by atoms with van der Waals surface area (Å²) in [6.07, 6.45) is -4.54. The van der Waals surface area contributed by atoms with Gasteiger partial charge in [0.05, 0.1) is 27.4 Å². The number of fused-ring (bicyclic) bond motifs is 1. The number of carbonyl (C=O) groups excluding carboxylic acids is 1. The van der Waals surface area contributed by atoms with E-state index in [1.54, 1.807) is 11.4 Å². The predicted molar refractivity (Wildman–Crippen MR) is 101 cm³/mol. The largest absolute Gasteiger partial charge is 0.416 e. The Morgan fingerprint density at radius 3 is 2.81 bits per heavy atom. The second-order valence-corrected chi connectivity index (χ2v) is 7.67. The molecule has 0 saturated carbocycles. The Bertz CT molecular complexity index is 1080. The SMILES string of the molecule is Cn1c(SCC(=O)Nc2cc(C(F)(F)F)ccc2Cl)nc2sccc2c1=O. The molecule has 0 saturated heterocycles. The van der Waals surface area contributed by atoms with Crippen molar-refractivity contribution in [1.82, 2.24) is 9.55 Å². The summed E-state index contributed by atoms with van der Waals surface area (Å²) < 4.78 is 39.7. The number of hydrogen-bond acceptors (Lipinski definition) is 5. The summed E-state index contributed by atoms with van der Waals surface area (Å²) in [6.45, 7) is 0. The first-order valence-corrected chi connectivity index (χ1v) is 9.65. The quantitative estimate of drug-likeness (QED) is 0.489. The lowest BCUT2D eigenvalue weighted by atomic mass is 10.2. The molecule has 11 heteroatoms. The lowest BCUT2D eigenvalue weighted by Gasteiger charge is -2.12. The molecule has 1 N–H and O–H groups in total. The van der Waals surface area contributed by atoms with Crippen molar-refractivity contribution in [2.75, 3.05) is 11.1 Å². The van der Waals surface area contributed by atoms with E-state index < -0.39 is 17.6 Å². The molecule has 2 aromatic heterocycles. The van der Waals surface area contributed by atoms with Crippen molar-refractivity contribution in [3.05, 3.63) is 50.6 Å². The number of benzene rings is 1. The molecular formula is C16H11ClF3N3O2S2. The van der Waals surface area contributed by atoms with Gasteiger partial charge in [-0.25, -0.2) is 4.98 Å². The van der Waals surface area contributed by atoms with E-state index in [0.29, 0.717) is 15.4 Å². The van der Waals surface area contributed by atoms with Crippen LogP contribution in [0.1, 0.15) is 5.56 Å². The third-order valence-corrected chi connectivity index (χ3v) is 5.73. The molecule has 0 atom stereocenters. The van der Waals surface area contributed by atoms with Gasteiger partial charge < -0.3 is 5.32 Å². The van der Waals surface area contributed by atoms with E-state index in [2.05, 4.69) is 10.3 Å². The molecule has 0 unspecified atom stereocenters. The summed E-state index contributed by atoms with van der Waals surface area (Å²) in [5.74, 6) is -0.717. The van der Waals surface area contributed by atoms with Crippen molar-refractivity contribution < 1.29 is 18.0 Å². The van der Waals surface area contributed by atoms with E-state index in [1.807, 2.05) is 0 Å². The predicted octanol–water partition coefficient (Wildman–Crippen LogP) is 4.40. The zero-order chi connectivity index (χ0) is 19.8. The van der Waals surface area contributed by atoms with Crippen LogP contribution in [-0.4, -0.2) is 21.2 Å². The highest BCUT2D eigenvalue weighted by Crippen LogP contribution is 2.34. The molecule has 0 spiro atoms. The summed E-state index contributed by atoms with van der Waals surface area (Å²) in [4.78, 5) is 29.2. The molecule has 0 bridgehead atoms. The Balaban J connectivity index is 1.74. The Kier molecular flexibility index (Phi) is 5.50. The summed E-state index contributed by atoms with van der Waals surface area (Å²) in [6, 6.07) is 4.36. The number of aromatic nitrogens is 2. The highest BCUT2D eigenvalue weighted by atomic mass is 35.5. The lowest BCUT2D eigenvalue weighted by Crippen LogP contribution is -2.21. The van der Waals surface area contributed by atoms with Crippen LogP contribution in [0.4, 0.5) is 18.9 Å². The smallest absolute Gasteiger partial charge is 0.324 e. The molecule has 0 aliphatic heterocycles. The van der Waals surface area contributed by atoms with Gasteiger partial charge in [0.15, 0.2) is 5.16 Å². The standard InChI is InChI=1S/C16H11ClF3N3O2S2/c1-23-14(25)9-4-5-26-13(9)22-15(23)27-7-12(24)21-11-6-8(16(18,19)20)2-3-10(11)17/h2-6H,7H2,1H3,(H,21,24). The summed E-state index contributed by atoms with van der Waals surface area (Å²) in [7, 11) is 1.54. The van der Waals surface area contributed by atoms with Crippen LogP contribution in [0.5, 0.6) is 0 Å². The topological polar surface area (TPSA) is 64.0 Å². The van der Waals surface area contributed by atoms with Gasteiger partial charge in [-0.2, -0.15) is 13.2 Å². The first-order valence-electron chi connectivity index (χ1n) is 7.40. The number of rotatable bonds is 4. The minimum Gasteiger partial charge on any atom is -0.324 e. The number of hydrogen-bond donors (Lipinski definition) is 1. The minimum absolute atomic E-state index is 0.00752. The number of amides is 1. The van der Waals surface area contributed by atoms with Gasteiger partial charge in [0.1, 0.15) is 4.83 Å². The first-order chi connectivity index (χ1) is 12.7. The minimum atomic E-state index is -4.54. The Labute approximate surface area is 164 Å². The molecule has 5 nitrogen and oxygen atoms in total. The lowest BCUT2D eigenvalue weighted by molar-refractivity contribution is -0.137. The molecule has 1 aromatic carbocycles. The van der Waals surface area contributed by atoms with Gasteiger partial charge in [0, 0.05) is 7.05 Å². The number of nitrogens with zero attached hydrogens (tertiary/aromatic N) is 2. The molecule has 0 fully saturated rings. The van der Waals surface area contributed by atoms with Gasteiger partial charge in [0.25, 0.3) is 5.56 Å². The molecule has 3 rings (SSSR count). The Morgan fingerprint density at radius 2 is 2.11 bits per heavy atom. The summed E-state index contributed by atoms with van der Waals surface area (Å²) in [5, 5.41) is 4.92. The zero-order valence-corrected chi connectivity index (χ0v) is 16.0. The molecule has 0 aliphatic carbocycles. The number of thiophene rings is 1. The highest BCUT2D eigenvalue weighted by Gasteiger charge is 2.31. The molecule has 1 amide bonds. The maximum atomic E-state index is 12.8. The molecule has 142 valence electrons. The van der Waals surface area contributed by atoms with Crippen LogP contribution in [0.3, 0.4) is 0 Å². The fourth-order valence-corrected chi connectivity index (χ4v) is 3.96. The van der Waals surface area contributed by atoms with Gasteiger partial charge in [-0.05, 0) is 29.6 Å². The highest BCUT2D eigenvalue weighted by molar-refractivity contribution is 7.99. The van der Waals surface area contributed by atoms with E-state index in [1.165, 1.54) is 23.0 Å². The van der Waals surface area contributed by atoms with Gasteiger partial charge in [-0.15, -0.1) is 11.3 Å². The Morgan fingerprint density at radius 1 is 1.37 bits per heavy atom. The van der Waals surface area contributed by atoms with Crippen molar-refractivity contribution in [2.24, 2.45) is 7.05 Å². The van der Waals surface area contributed by atoms with E-state index in [-0.39, 0.29) is 22.0 Å². The number of halogens is 4. The van der Waals surface area contributed by atoms with Gasteiger partial charge in [-0.3, -0.25) is 14.2 Å². The zero-order valence-electron chi connectivity index (χ0n) is 13.6. The van der Waals surface area contributed by atoms with E-state index in [0.717, 1.165) is 30.0 Å². The van der Waals surface area contributed by atoms with Crippen molar-refractivity contribution in [3.8, 4) is 0 Å². The summed E-state index contributed by atoms with van der Waals surface area (Å²) in [5.41, 5.74) is -1.28. The average Bonchev–Trinajstić information content (AvgIpc) is 3.06.